The summed E-state index contributed by atoms with van der Waals surface area (Å²) in [6.07, 6.45) is 3.25. The Morgan fingerprint density at radius 3 is 2.86 bits per heavy atom. The van der Waals surface area contributed by atoms with Crippen LogP contribution in [0, 0.1) is 6.92 Å². The Labute approximate surface area is 173 Å². The van der Waals surface area contributed by atoms with E-state index in [-0.39, 0.29) is 6.61 Å². The van der Waals surface area contributed by atoms with Crippen molar-refractivity contribution in [3.05, 3.63) is 58.9 Å². The lowest BCUT2D eigenvalue weighted by atomic mass is 10.0. The first-order valence-electron chi connectivity index (χ1n) is 9.23. The molecule has 0 radical (unpaired) electrons. The van der Waals surface area contributed by atoms with Crippen LogP contribution in [-0.4, -0.2) is 51.2 Å². The van der Waals surface area contributed by atoms with E-state index in [1.807, 2.05) is 23.9 Å². The first kappa shape index (κ1) is 21.3. The molecule has 0 unspecified atom stereocenters. The maximum absolute atomic E-state index is 12.9. The Bertz CT molecular complexity index is 1020. The number of carbonyl (C=O) groups is 1. The molecule has 7 nitrogen and oxygen atoms in total. The number of rotatable bonds is 8. The molecule has 0 aliphatic rings. The van der Waals surface area contributed by atoms with Gasteiger partial charge in [0.15, 0.2) is 0 Å². The van der Waals surface area contributed by atoms with Crippen molar-refractivity contribution >= 4 is 28.7 Å². The number of carbonyl (C=O) groups excluding carboxylic acids is 1. The quantitative estimate of drug-likeness (QED) is 0.386. The lowest BCUT2D eigenvalue weighted by Crippen LogP contribution is -2.30. The fraction of sp³-hybridized carbons (Fsp3) is 0.333. The summed E-state index contributed by atoms with van der Waals surface area (Å²) >= 11 is 1.69. The van der Waals surface area contributed by atoms with Crippen molar-refractivity contribution in [3.8, 4) is 0 Å². The molecule has 0 bridgehead atoms. The van der Waals surface area contributed by atoms with E-state index >= 15 is 0 Å². The predicted octanol–water partition coefficient (Wildman–Crippen LogP) is 2.21. The van der Waals surface area contributed by atoms with Gasteiger partial charge in [0.25, 0.3) is 5.91 Å². The zero-order valence-electron chi connectivity index (χ0n) is 16.7. The number of aliphatic hydroxyl groups is 2. The largest absolute Gasteiger partial charge is 0.394 e. The lowest BCUT2D eigenvalue weighted by molar-refractivity contribution is -0.0295. The summed E-state index contributed by atoms with van der Waals surface area (Å²) in [5.41, 5.74) is 6.67. The van der Waals surface area contributed by atoms with Gasteiger partial charge in [0, 0.05) is 35.6 Å². The van der Waals surface area contributed by atoms with E-state index in [0.29, 0.717) is 17.6 Å². The molecule has 3 N–H and O–H groups in total. The Morgan fingerprint density at radius 2 is 2.17 bits per heavy atom. The molecule has 3 aromatic rings. The van der Waals surface area contributed by atoms with Gasteiger partial charge in [0.2, 0.25) is 0 Å². The number of aliphatic hydroxyl groups excluding tert-OH is 2. The second-order valence-corrected chi connectivity index (χ2v) is 7.68. The number of amides is 1. The molecule has 8 heteroatoms. The van der Waals surface area contributed by atoms with Gasteiger partial charge in [-0.2, -0.15) is 0 Å². The van der Waals surface area contributed by atoms with Crippen LogP contribution in [0.4, 0.5) is 0 Å². The second-order valence-electron chi connectivity index (χ2n) is 6.80. The number of fused-ring (bicyclic) bond motifs is 1. The van der Waals surface area contributed by atoms with Gasteiger partial charge in [-0.1, -0.05) is 6.07 Å². The number of nitrogens with zero attached hydrogens (tertiary/aromatic N) is 2. The summed E-state index contributed by atoms with van der Waals surface area (Å²) in [5.74, 6) is -0.415. The zero-order chi connectivity index (χ0) is 21.0. The number of benzene rings is 1. The molecule has 2 aromatic heterocycles. The van der Waals surface area contributed by atoms with Crippen molar-refractivity contribution < 1.29 is 19.8 Å². The number of aromatic nitrogens is 2. The van der Waals surface area contributed by atoms with Gasteiger partial charge in [0.1, 0.15) is 18.4 Å². The van der Waals surface area contributed by atoms with Crippen LogP contribution in [0.15, 0.2) is 41.4 Å². The minimum absolute atomic E-state index is 0.199. The van der Waals surface area contributed by atoms with E-state index in [1.165, 1.54) is 4.90 Å². The number of hydrogen-bond donors (Lipinski definition) is 3. The summed E-state index contributed by atoms with van der Waals surface area (Å²) in [5, 5.41) is 19.0. The van der Waals surface area contributed by atoms with E-state index in [2.05, 4.69) is 35.6 Å². The monoisotopic (exact) mass is 415 g/mol. The van der Waals surface area contributed by atoms with Crippen LogP contribution in [0.5, 0.6) is 0 Å². The third-order valence-electron chi connectivity index (χ3n) is 4.85. The third-order valence-corrected chi connectivity index (χ3v) is 5.58. The van der Waals surface area contributed by atoms with Gasteiger partial charge in [-0.05, 0) is 48.6 Å². The van der Waals surface area contributed by atoms with Gasteiger partial charge >= 0.3 is 0 Å². The van der Waals surface area contributed by atoms with Crippen LogP contribution in [0.25, 0.3) is 11.0 Å². The summed E-state index contributed by atoms with van der Waals surface area (Å²) < 4.78 is 1.93. The van der Waals surface area contributed by atoms with Gasteiger partial charge in [-0.3, -0.25) is 9.63 Å². The molecule has 2 heterocycles. The van der Waals surface area contributed by atoms with Crippen molar-refractivity contribution in [2.45, 2.75) is 24.3 Å². The highest BCUT2D eigenvalue weighted by Crippen LogP contribution is 2.28. The molecule has 0 saturated carbocycles. The van der Waals surface area contributed by atoms with Crippen LogP contribution >= 0.6 is 11.8 Å². The van der Waals surface area contributed by atoms with Crippen molar-refractivity contribution in [3.63, 3.8) is 0 Å². The van der Waals surface area contributed by atoms with Gasteiger partial charge in [0.05, 0.1) is 12.2 Å². The van der Waals surface area contributed by atoms with Gasteiger partial charge in [-0.25, -0.2) is 10.5 Å². The van der Waals surface area contributed by atoms with Crippen molar-refractivity contribution in [1.29, 1.82) is 0 Å². The van der Waals surface area contributed by atoms with Crippen LogP contribution < -0.4 is 5.48 Å². The predicted molar refractivity (Wildman–Crippen MR) is 113 cm³/mol. The maximum atomic E-state index is 12.9. The Hall–Kier alpha value is -2.39. The van der Waals surface area contributed by atoms with E-state index < -0.39 is 18.6 Å². The first-order chi connectivity index (χ1) is 14.0. The number of pyridine rings is 1. The highest BCUT2D eigenvalue weighted by molar-refractivity contribution is 7.98. The molecule has 1 atom stereocenters. The fourth-order valence-corrected chi connectivity index (χ4v) is 3.75. The zero-order valence-corrected chi connectivity index (χ0v) is 17.5. The average molecular weight is 416 g/mol. The number of nitrogens with one attached hydrogen (secondary N) is 1. The van der Waals surface area contributed by atoms with Crippen molar-refractivity contribution in [1.82, 2.24) is 15.0 Å². The number of hydroxylamine groups is 1. The van der Waals surface area contributed by atoms with Crippen LogP contribution in [-0.2, 0) is 18.3 Å². The minimum Gasteiger partial charge on any atom is -0.394 e. The third kappa shape index (κ3) is 4.62. The first-order valence-corrected chi connectivity index (χ1v) is 10.5. The van der Waals surface area contributed by atoms with E-state index in [9.17, 15) is 9.90 Å². The molecule has 3 rings (SSSR count). The molecule has 0 spiro atoms. The smallest absolute Gasteiger partial charge is 0.277 e. The molecule has 29 heavy (non-hydrogen) atoms. The van der Waals surface area contributed by atoms with Gasteiger partial charge < -0.3 is 14.8 Å². The van der Waals surface area contributed by atoms with E-state index in [0.717, 1.165) is 22.2 Å². The normalized spacial score (nSPS) is 12.3. The van der Waals surface area contributed by atoms with E-state index in [1.54, 1.807) is 24.0 Å². The maximum Gasteiger partial charge on any atom is 0.277 e. The van der Waals surface area contributed by atoms with Crippen molar-refractivity contribution in [2.75, 3.05) is 19.5 Å². The Balaban J connectivity index is 1.97. The molecule has 0 aliphatic heterocycles. The topological polar surface area (TPSA) is 96.6 Å². The Morgan fingerprint density at radius 1 is 1.38 bits per heavy atom. The molecular formula is C21H25N3O4S. The SMILES string of the molecule is CSc1ccc(Cc2c(C(=O)NOC[C@@H](O)CO)c3cccnc3n2C)c(C)c1. The molecular weight excluding hydrogens is 390 g/mol. The lowest BCUT2D eigenvalue weighted by Gasteiger charge is -2.12. The Kier molecular flexibility index (Phi) is 6.92. The summed E-state index contributed by atoms with van der Waals surface area (Å²) in [6.45, 7) is 1.43. The molecule has 1 aromatic carbocycles. The summed E-state index contributed by atoms with van der Waals surface area (Å²) in [7, 11) is 1.89. The van der Waals surface area contributed by atoms with Crippen LogP contribution in [0.1, 0.15) is 27.2 Å². The van der Waals surface area contributed by atoms with Crippen molar-refractivity contribution in [2.24, 2.45) is 7.05 Å². The standard InChI is InChI=1S/C21H25N3O4S/c1-13-9-16(29-3)7-6-14(13)10-18-19(21(27)23-28-12-15(26)11-25)17-5-4-8-22-20(17)24(18)2/h4-9,15,25-26H,10-12H2,1-3H3,(H,23,27)/t15-/m0/s1. The highest BCUT2D eigenvalue weighted by atomic mass is 32.2. The van der Waals surface area contributed by atoms with Crippen LogP contribution in [0.3, 0.4) is 0 Å². The molecule has 154 valence electrons. The van der Waals surface area contributed by atoms with Crippen LogP contribution in [0.2, 0.25) is 0 Å². The fourth-order valence-electron chi connectivity index (χ4n) is 3.25. The number of thioether (sulfide) groups is 1. The average Bonchev–Trinajstić information content (AvgIpc) is 3.01. The molecule has 0 fully saturated rings. The summed E-state index contributed by atoms with van der Waals surface area (Å²) in [6, 6.07) is 9.94. The second kappa shape index (κ2) is 9.41. The highest BCUT2D eigenvalue weighted by Gasteiger charge is 2.23. The summed E-state index contributed by atoms with van der Waals surface area (Å²) in [4.78, 5) is 23.6. The molecule has 1 amide bonds. The molecule has 0 aliphatic carbocycles. The minimum atomic E-state index is -1.05. The van der Waals surface area contributed by atoms with E-state index in [4.69, 9.17) is 9.94 Å². The molecule has 0 saturated heterocycles. The van der Waals surface area contributed by atoms with Gasteiger partial charge in [-0.15, -0.1) is 11.8 Å². The number of aryl methyl sites for hydroxylation is 2. The number of hydrogen-bond acceptors (Lipinski definition) is 6.